The number of rotatable bonds is 3. The van der Waals surface area contributed by atoms with E-state index < -0.39 is 0 Å². The molecule has 0 saturated heterocycles. The molecule has 0 unspecified atom stereocenters. The van der Waals surface area contributed by atoms with E-state index in [2.05, 4.69) is 16.9 Å². The summed E-state index contributed by atoms with van der Waals surface area (Å²) in [5.41, 5.74) is 0.930. The molecule has 0 saturated carbocycles. The fourth-order valence-corrected chi connectivity index (χ4v) is 0.785. The minimum absolute atomic E-state index is 0.120. The molecule has 1 heterocycles. The first-order chi connectivity index (χ1) is 5.75. The molecule has 0 fully saturated rings. The smallest absolute Gasteiger partial charge is 0.209 e. The van der Waals surface area contributed by atoms with Crippen molar-refractivity contribution < 1.29 is 4.79 Å². The van der Waals surface area contributed by atoms with Crippen LogP contribution in [0.3, 0.4) is 0 Å². The number of Topliss-reactive ketones (excluding diaryl/α,β-unsaturated/α-hetero) is 1. The molecule has 0 spiro atoms. The molecule has 0 aliphatic heterocycles. The van der Waals surface area contributed by atoms with E-state index in [0.29, 0.717) is 11.3 Å². The van der Waals surface area contributed by atoms with Gasteiger partial charge in [0.15, 0.2) is 0 Å². The van der Waals surface area contributed by atoms with Crippen LogP contribution in [0.2, 0.25) is 0 Å². The molecular weight excluding hydrogens is 152 g/mol. The summed E-state index contributed by atoms with van der Waals surface area (Å²) in [6.07, 6.45) is 3.14. The SMILES string of the molecule is C=C(NC)C(=O)c1cccnc1. The fraction of sp³-hybridized carbons (Fsp3) is 0.111. The number of likely N-dealkylation sites (N-methyl/N-ethyl adjacent to an activating group) is 1. The number of allylic oxidation sites excluding steroid dienone is 1. The molecule has 1 rings (SSSR count). The number of hydrogen-bond acceptors (Lipinski definition) is 3. The van der Waals surface area contributed by atoms with Gasteiger partial charge in [-0.05, 0) is 12.1 Å². The van der Waals surface area contributed by atoms with Gasteiger partial charge in [0.2, 0.25) is 5.78 Å². The van der Waals surface area contributed by atoms with Crippen LogP contribution in [0.25, 0.3) is 0 Å². The highest BCUT2D eigenvalue weighted by Crippen LogP contribution is 2.01. The van der Waals surface area contributed by atoms with Crippen LogP contribution in [-0.4, -0.2) is 17.8 Å². The molecule has 0 aliphatic rings. The predicted molar refractivity (Wildman–Crippen MR) is 46.8 cm³/mol. The Bertz CT molecular complexity index is 293. The van der Waals surface area contributed by atoms with Crippen LogP contribution < -0.4 is 5.32 Å². The number of nitrogens with zero attached hydrogens (tertiary/aromatic N) is 1. The zero-order chi connectivity index (χ0) is 8.97. The topological polar surface area (TPSA) is 42.0 Å². The van der Waals surface area contributed by atoms with Gasteiger partial charge in [0.1, 0.15) is 0 Å². The minimum Gasteiger partial charge on any atom is -0.385 e. The summed E-state index contributed by atoms with van der Waals surface area (Å²) < 4.78 is 0. The van der Waals surface area contributed by atoms with E-state index in [4.69, 9.17) is 0 Å². The second-order valence-electron chi connectivity index (χ2n) is 2.30. The van der Waals surface area contributed by atoms with Gasteiger partial charge >= 0.3 is 0 Å². The summed E-state index contributed by atoms with van der Waals surface area (Å²) in [6.45, 7) is 3.56. The highest BCUT2D eigenvalue weighted by atomic mass is 16.1. The lowest BCUT2D eigenvalue weighted by atomic mass is 10.1. The first kappa shape index (κ1) is 8.46. The summed E-state index contributed by atoms with van der Waals surface area (Å²) in [5.74, 6) is -0.120. The van der Waals surface area contributed by atoms with Gasteiger partial charge in [0.25, 0.3) is 0 Å². The molecule has 0 radical (unpaired) electrons. The van der Waals surface area contributed by atoms with Crippen molar-refractivity contribution in [2.24, 2.45) is 0 Å². The summed E-state index contributed by atoms with van der Waals surface area (Å²) in [6, 6.07) is 3.42. The Hall–Kier alpha value is -1.64. The Labute approximate surface area is 71.1 Å². The van der Waals surface area contributed by atoms with Crippen LogP contribution in [0.1, 0.15) is 10.4 Å². The quantitative estimate of drug-likeness (QED) is 0.532. The summed E-state index contributed by atoms with van der Waals surface area (Å²) >= 11 is 0. The number of carbonyl (C=O) groups excluding carboxylic acids is 1. The Morgan fingerprint density at radius 2 is 2.42 bits per heavy atom. The van der Waals surface area contributed by atoms with E-state index in [1.54, 1.807) is 25.4 Å². The van der Waals surface area contributed by atoms with Gasteiger partial charge in [0.05, 0.1) is 5.70 Å². The number of aromatic nitrogens is 1. The second-order valence-corrected chi connectivity index (χ2v) is 2.30. The van der Waals surface area contributed by atoms with Crippen LogP contribution in [0.15, 0.2) is 36.8 Å². The molecule has 0 aliphatic carbocycles. The fourth-order valence-electron chi connectivity index (χ4n) is 0.785. The van der Waals surface area contributed by atoms with Gasteiger partial charge < -0.3 is 5.32 Å². The van der Waals surface area contributed by atoms with Crippen molar-refractivity contribution in [3.05, 3.63) is 42.4 Å². The molecule has 0 aromatic carbocycles. The number of hydrogen-bond donors (Lipinski definition) is 1. The van der Waals surface area contributed by atoms with Crippen LogP contribution in [0.4, 0.5) is 0 Å². The van der Waals surface area contributed by atoms with Crippen LogP contribution >= 0.6 is 0 Å². The van der Waals surface area contributed by atoms with Gasteiger partial charge in [-0.3, -0.25) is 9.78 Å². The Kier molecular flexibility index (Phi) is 2.58. The highest BCUT2D eigenvalue weighted by molar-refractivity contribution is 6.07. The zero-order valence-corrected chi connectivity index (χ0v) is 6.87. The molecule has 0 atom stereocenters. The van der Waals surface area contributed by atoms with Crippen LogP contribution in [0.5, 0.6) is 0 Å². The first-order valence-electron chi connectivity index (χ1n) is 3.57. The third-order valence-corrected chi connectivity index (χ3v) is 1.50. The summed E-state index contributed by atoms with van der Waals surface area (Å²) in [4.78, 5) is 15.2. The van der Waals surface area contributed by atoms with Gasteiger partial charge in [-0.1, -0.05) is 6.58 Å². The molecule has 1 aromatic rings. The molecule has 12 heavy (non-hydrogen) atoms. The molecule has 62 valence electrons. The number of nitrogens with one attached hydrogen (secondary N) is 1. The second kappa shape index (κ2) is 3.67. The summed E-state index contributed by atoms with van der Waals surface area (Å²) in [5, 5.41) is 2.69. The molecule has 3 nitrogen and oxygen atoms in total. The highest BCUT2D eigenvalue weighted by Gasteiger charge is 2.07. The lowest BCUT2D eigenvalue weighted by Crippen LogP contribution is -2.14. The minimum atomic E-state index is -0.120. The maximum absolute atomic E-state index is 11.4. The van der Waals surface area contributed by atoms with E-state index >= 15 is 0 Å². The van der Waals surface area contributed by atoms with Crippen molar-refractivity contribution in [3.63, 3.8) is 0 Å². The first-order valence-corrected chi connectivity index (χ1v) is 3.57. The number of pyridine rings is 1. The Morgan fingerprint density at radius 1 is 1.67 bits per heavy atom. The average molecular weight is 162 g/mol. The molecule has 0 bridgehead atoms. The van der Waals surface area contributed by atoms with Gasteiger partial charge in [0, 0.05) is 25.0 Å². The normalized spacial score (nSPS) is 9.08. The van der Waals surface area contributed by atoms with E-state index in [1.807, 2.05) is 0 Å². The third-order valence-electron chi connectivity index (χ3n) is 1.50. The largest absolute Gasteiger partial charge is 0.385 e. The Balaban J connectivity index is 2.86. The standard InChI is InChI=1S/C9H10N2O/c1-7(10-2)9(12)8-4-3-5-11-6-8/h3-6,10H,1H2,2H3. The zero-order valence-electron chi connectivity index (χ0n) is 6.87. The Morgan fingerprint density at radius 3 is 2.92 bits per heavy atom. The molecule has 0 amide bonds. The van der Waals surface area contributed by atoms with Crippen molar-refractivity contribution in [2.45, 2.75) is 0 Å². The maximum Gasteiger partial charge on any atom is 0.209 e. The van der Waals surface area contributed by atoms with Gasteiger partial charge in [-0.2, -0.15) is 0 Å². The lowest BCUT2D eigenvalue weighted by molar-refractivity contribution is 0.102. The van der Waals surface area contributed by atoms with E-state index in [1.165, 1.54) is 6.20 Å². The van der Waals surface area contributed by atoms with Crippen molar-refractivity contribution in [2.75, 3.05) is 7.05 Å². The third kappa shape index (κ3) is 1.69. The van der Waals surface area contributed by atoms with Crippen LogP contribution in [-0.2, 0) is 0 Å². The van der Waals surface area contributed by atoms with Crippen molar-refractivity contribution in [1.29, 1.82) is 0 Å². The van der Waals surface area contributed by atoms with E-state index in [-0.39, 0.29) is 5.78 Å². The van der Waals surface area contributed by atoms with Gasteiger partial charge in [-0.25, -0.2) is 0 Å². The van der Waals surface area contributed by atoms with Crippen LogP contribution in [0, 0.1) is 0 Å². The lowest BCUT2D eigenvalue weighted by Gasteiger charge is -2.01. The van der Waals surface area contributed by atoms with E-state index in [9.17, 15) is 4.79 Å². The maximum atomic E-state index is 11.4. The average Bonchev–Trinajstić information content (AvgIpc) is 2.17. The number of carbonyl (C=O) groups is 1. The monoisotopic (exact) mass is 162 g/mol. The predicted octanol–water partition coefficient (Wildman–Crippen LogP) is 0.997. The van der Waals surface area contributed by atoms with Crippen molar-refractivity contribution in [1.82, 2.24) is 10.3 Å². The molecule has 1 N–H and O–H groups in total. The van der Waals surface area contributed by atoms with Crippen molar-refractivity contribution in [3.8, 4) is 0 Å². The van der Waals surface area contributed by atoms with Gasteiger partial charge in [-0.15, -0.1) is 0 Å². The summed E-state index contributed by atoms with van der Waals surface area (Å²) in [7, 11) is 1.66. The number of ketones is 1. The molecular formula is C9H10N2O. The molecule has 3 heteroatoms. The molecule has 1 aromatic heterocycles. The van der Waals surface area contributed by atoms with E-state index in [0.717, 1.165) is 0 Å². The van der Waals surface area contributed by atoms with Crippen molar-refractivity contribution >= 4 is 5.78 Å².